The molecule has 0 aliphatic carbocycles. The zero-order chi connectivity index (χ0) is 23.5. The minimum atomic E-state index is -3.50. The smallest absolute Gasteiger partial charge is 0.255 e. The van der Waals surface area contributed by atoms with E-state index in [-0.39, 0.29) is 12.5 Å². The Labute approximate surface area is 193 Å². The van der Waals surface area contributed by atoms with Crippen LogP contribution in [0, 0.1) is 13.8 Å². The third-order valence-electron chi connectivity index (χ3n) is 5.13. The van der Waals surface area contributed by atoms with E-state index in [4.69, 9.17) is 16.3 Å². The number of aryl methyl sites for hydroxylation is 2. The Hall–Kier alpha value is -3.03. The van der Waals surface area contributed by atoms with Crippen LogP contribution in [-0.4, -0.2) is 27.7 Å². The van der Waals surface area contributed by atoms with Gasteiger partial charge in [-0.3, -0.25) is 9.10 Å². The number of rotatable bonds is 7. The van der Waals surface area contributed by atoms with E-state index in [1.54, 1.807) is 48.5 Å². The van der Waals surface area contributed by atoms with Crippen LogP contribution in [0.4, 0.5) is 11.4 Å². The first-order valence-electron chi connectivity index (χ1n) is 9.87. The number of sulfonamides is 1. The molecule has 1 amide bonds. The molecule has 3 aromatic rings. The molecule has 6 nitrogen and oxygen atoms in total. The fraction of sp³-hybridized carbons (Fsp3) is 0.208. The maximum absolute atomic E-state index is 12.7. The van der Waals surface area contributed by atoms with Crippen molar-refractivity contribution in [3.63, 3.8) is 0 Å². The molecule has 0 spiro atoms. The van der Waals surface area contributed by atoms with Crippen molar-refractivity contribution in [1.29, 1.82) is 0 Å². The van der Waals surface area contributed by atoms with Gasteiger partial charge < -0.3 is 10.1 Å². The second kappa shape index (κ2) is 9.63. The summed E-state index contributed by atoms with van der Waals surface area (Å²) in [7, 11) is -1.99. The fourth-order valence-corrected chi connectivity index (χ4v) is 4.23. The van der Waals surface area contributed by atoms with Crippen molar-refractivity contribution in [3.8, 4) is 5.75 Å². The van der Waals surface area contributed by atoms with Gasteiger partial charge >= 0.3 is 0 Å². The summed E-state index contributed by atoms with van der Waals surface area (Å²) in [6, 6.07) is 17.3. The summed E-state index contributed by atoms with van der Waals surface area (Å²) in [6.07, 6.45) is 1.18. The number of carbonyl (C=O) groups excluding carboxylic acids is 1. The number of carbonyl (C=O) groups is 1. The molecule has 0 bridgehead atoms. The SMILES string of the molecule is COc1ccc(Cl)cc1NC(=O)c1ccc(CN(c2ccc(C)c(C)c2)S(C)(=O)=O)cc1. The quantitative estimate of drug-likeness (QED) is 0.513. The zero-order valence-electron chi connectivity index (χ0n) is 18.3. The Kier molecular flexibility index (Phi) is 7.11. The normalized spacial score (nSPS) is 11.2. The number of ether oxygens (including phenoxy) is 1. The van der Waals surface area contributed by atoms with Crippen molar-refractivity contribution in [3.05, 3.63) is 87.9 Å². The van der Waals surface area contributed by atoms with Crippen LogP contribution in [0.5, 0.6) is 5.75 Å². The third kappa shape index (κ3) is 5.60. The molecule has 168 valence electrons. The second-order valence-electron chi connectivity index (χ2n) is 7.53. The van der Waals surface area contributed by atoms with Crippen LogP contribution < -0.4 is 14.4 Å². The van der Waals surface area contributed by atoms with Gasteiger partial charge in [-0.2, -0.15) is 0 Å². The summed E-state index contributed by atoms with van der Waals surface area (Å²) in [4.78, 5) is 12.7. The molecule has 0 fully saturated rings. The van der Waals surface area contributed by atoms with Crippen molar-refractivity contribution in [1.82, 2.24) is 0 Å². The van der Waals surface area contributed by atoms with Crippen LogP contribution >= 0.6 is 11.6 Å². The largest absolute Gasteiger partial charge is 0.495 e. The number of amides is 1. The standard InChI is InChI=1S/C24H25ClN2O4S/c1-16-5-11-21(13-17(16)2)27(32(4,29)30)15-18-6-8-19(9-7-18)24(28)26-22-14-20(25)10-12-23(22)31-3/h5-14H,15H2,1-4H3,(H,26,28). The molecule has 0 saturated heterocycles. The highest BCUT2D eigenvalue weighted by Gasteiger charge is 2.19. The lowest BCUT2D eigenvalue weighted by atomic mass is 10.1. The van der Waals surface area contributed by atoms with Gasteiger partial charge in [-0.05, 0) is 73.0 Å². The first-order valence-corrected chi connectivity index (χ1v) is 12.1. The van der Waals surface area contributed by atoms with Gasteiger partial charge in [0.2, 0.25) is 10.0 Å². The van der Waals surface area contributed by atoms with Crippen LogP contribution in [0.15, 0.2) is 60.7 Å². The average molecular weight is 473 g/mol. The summed E-state index contributed by atoms with van der Waals surface area (Å²) in [5, 5.41) is 3.26. The van der Waals surface area contributed by atoms with E-state index in [1.807, 2.05) is 26.0 Å². The van der Waals surface area contributed by atoms with Crippen molar-refractivity contribution in [2.45, 2.75) is 20.4 Å². The molecule has 0 saturated carbocycles. The summed E-state index contributed by atoms with van der Waals surface area (Å²) in [5.74, 6) is 0.169. The first kappa shape index (κ1) is 23.6. The maximum atomic E-state index is 12.7. The molecule has 3 aromatic carbocycles. The van der Waals surface area contributed by atoms with Crippen molar-refractivity contribution in [2.75, 3.05) is 23.0 Å². The van der Waals surface area contributed by atoms with Crippen molar-refractivity contribution < 1.29 is 17.9 Å². The molecule has 0 unspecified atom stereocenters. The summed E-state index contributed by atoms with van der Waals surface area (Å²) < 4.78 is 31.5. The molecule has 0 aliphatic rings. The van der Waals surface area contributed by atoms with Gasteiger partial charge in [-0.25, -0.2) is 8.42 Å². The van der Waals surface area contributed by atoms with Gasteiger partial charge in [0.25, 0.3) is 5.91 Å². The van der Waals surface area contributed by atoms with Crippen LogP contribution in [0.25, 0.3) is 0 Å². The Balaban J connectivity index is 1.80. The van der Waals surface area contributed by atoms with Crippen LogP contribution in [0.3, 0.4) is 0 Å². The lowest BCUT2D eigenvalue weighted by molar-refractivity contribution is 0.102. The topological polar surface area (TPSA) is 75.7 Å². The van der Waals surface area contributed by atoms with E-state index < -0.39 is 10.0 Å². The predicted molar refractivity (Wildman–Crippen MR) is 129 cm³/mol. The maximum Gasteiger partial charge on any atom is 0.255 e. The Morgan fingerprint density at radius 3 is 2.28 bits per heavy atom. The van der Waals surface area contributed by atoms with Crippen molar-refractivity contribution in [2.24, 2.45) is 0 Å². The number of nitrogens with zero attached hydrogens (tertiary/aromatic N) is 1. The Bertz CT molecular complexity index is 1240. The average Bonchev–Trinajstić information content (AvgIpc) is 2.74. The molecule has 0 radical (unpaired) electrons. The van der Waals surface area contributed by atoms with E-state index >= 15 is 0 Å². The van der Waals surface area contributed by atoms with Crippen LogP contribution in [0.1, 0.15) is 27.0 Å². The summed E-state index contributed by atoms with van der Waals surface area (Å²) >= 11 is 6.02. The predicted octanol–water partition coefficient (Wildman–Crippen LogP) is 5.18. The van der Waals surface area contributed by atoms with Gasteiger partial charge in [0.05, 0.1) is 31.3 Å². The number of hydrogen-bond acceptors (Lipinski definition) is 4. The van der Waals surface area contributed by atoms with E-state index in [2.05, 4.69) is 5.32 Å². The third-order valence-corrected chi connectivity index (χ3v) is 6.51. The number of anilines is 2. The fourth-order valence-electron chi connectivity index (χ4n) is 3.18. The lowest BCUT2D eigenvalue weighted by Gasteiger charge is -2.23. The van der Waals surface area contributed by atoms with E-state index in [0.29, 0.717) is 27.7 Å². The number of nitrogens with one attached hydrogen (secondary N) is 1. The second-order valence-corrected chi connectivity index (χ2v) is 9.88. The molecular formula is C24H25ClN2O4S. The van der Waals surface area contributed by atoms with Crippen LogP contribution in [0.2, 0.25) is 5.02 Å². The highest BCUT2D eigenvalue weighted by atomic mass is 35.5. The molecule has 0 atom stereocenters. The van der Waals surface area contributed by atoms with E-state index in [1.165, 1.54) is 17.7 Å². The van der Waals surface area contributed by atoms with Crippen LogP contribution in [-0.2, 0) is 16.6 Å². The van der Waals surface area contributed by atoms with Gasteiger partial charge in [0.15, 0.2) is 0 Å². The zero-order valence-corrected chi connectivity index (χ0v) is 19.9. The number of benzene rings is 3. The minimum absolute atomic E-state index is 0.158. The monoisotopic (exact) mass is 472 g/mol. The van der Waals surface area contributed by atoms with Gasteiger partial charge in [0, 0.05) is 10.6 Å². The molecule has 8 heteroatoms. The van der Waals surface area contributed by atoms with E-state index in [9.17, 15) is 13.2 Å². The summed E-state index contributed by atoms with van der Waals surface area (Å²) in [5.41, 5.74) is 4.35. The van der Waals surface area contributed by atoms with Crippen molar-refractivity contribution >= 4 is 38.9 Å². The molecule has 0 heterocycles. The molecule has 3 rings (SSSR count). The Morgan fingerprint density at radius 2 is 1.69 bits per heavy atom. The van der Waals surface area contributed by atoms with Gasteiger partial charge in [-0.1, -0.05) is 29.8 Å². The van der Waals surface area contributed by atoms with Gasteiger partial charge in [-0.15, -0.1) is 0 Å². The molecule has 32 heavy (non-hydrogen) atoms. The molecule has 0 aliphatic heterocycles. The highest BCUT2D eigenvalue weighted by Crippen LogP contribution is 2.28. The lowest BCUT2D eigenvalue weighted by Crippen LogP contribution is -2.29. The Morgan fingerprint density at radius 1 is 1.00 bits per heavy atom. The molecule has 0 aromatic heterocycles. The molecular weight excluding hydrogens is 448 g/mol. The number of halogens is 1. The minimum Gasteiger partial charge on any atom is -0.495 e. The number of methoxy groups -OCH3 is 1. The van der Waals surface area contributed by atoms with Gasteiger partial charge in [0.1, 0.15) is 5.75 Å². The summed E-state index contributed by atoms with van der Waals surface area (Å²) in [6.45, 7) is 4.08. The number of hydrogen-bond donors (Lipinski definition) is 1. The molecule has 1 N–H and O–H groups in total. The highest BCUT2D eigenvalue weighted by molar-refractivity contribution is 7.92. The van der Waals surface area contributed by atoms with E-state index in [0.717, 1.165) is 16.7 Å². The first-order chi connectivity index (χ1) is 15.1.